The van der Waals surface area contributed by atoms with E-state index in [-0.39, 0.29) is 6.42 Å². The Labute approximate surface area is 85.4 Å². The van der Waals surface area contributed by atoms with E-state index >= 15 is 0 Å². The number of nitrogens with two attached hydrogens (primary N) is 1. The molecule has 2 aromatic heterocycles. The van der Waals surface area contributed by atoms with Crippen LogP contribution in [0.5, 0.6) is 0 Å². The first-order valence-electron chi connectivity index (χ1n) is 4.44. The summed E-state index contributed by atoms with van der Waals surface area (Å²) in [6, 6.07) is 0.852. The fraction of sp³-hybridized carbons (Fsp3) is 0.222. The minimum atomic E-state index is -1.03. The van der Waals surface area contributed by atoms with Crippen molar-refractivity contribution in [3.63, 3.8) is 0 Å². The van der Waals surface area contributed by atoms with E-state index in [0.717, 1.165) is 0 Å². The quantitative estimate of drug-likeness (QED) is 0.718. The van der Waals surface area contributed by atoms with Crippen molar-refractivity contribution >= 4 is 11.7 Å². The van der Waals surface area contributed by atoms with Crippen molar-refractivity contribution in [3.8, 4) is 0 Å². The van der Waals surface area contributed by atoms with Gasteiger partial charge in [-0.05, 0) is 6.07 Å². The number of carboxylic acid groups (broad SMARTS) is 1. The molecule has 0 bridgehead atoms. The average Bonchev–Trinajstić information content (AvgIpc) is 2.59. The van der Waals surface area contributed by atoms with Crippen molar-refractivity contribution in [1.29, 1.82) is 0 Å². The van der Waals surface area contributed by atoms with Crippen LogP contribution in [0.1, 0.15) is 5.69 Å². The van der Waals surface area contributed by atoms with Gasteiger partial charge in [-0.25, -0.2) is 9.97 Å². The molecule has 0 saturated carbocycles. The Balaban J connectivity index is 2.26. The van der Waals surface area contributed by atoms with Gasteiger partial charge in [-0.1, -0.05) is 0 Å². The molecule has 0 saturated heterocycles. The number of hydrogen-bond acceptors (Lipinski definition) is 4. The van der Waals surface area contributed by atoms with Gasteiger partial charge in [0.1, 0.15) is 6.04 Å². The Hall–Kier alpha value is -1.95. The first kappa shape index (κ1) is 9.60. The highest BCUT2D eigenvalue weighted by molar-refractivity contribution is 5.73. The van der Waals surface area contributed by atoms with Gasteiger partial charge in [0.2, 0.25) is 5.78 Å². The fourth-order valence-corrected chi connectivity index (χ4v) is 1.29. The molecule has 15 heavy (non-hydrogen) atoms. The molecule has 0 aliphatic heterocycles. The molecule has 0 spiro atoms. The summed E-state index contributed by atoms with van der Waals surface area (Å²) in [5.41, 5.74) is 6.03. The first-order chi connectivity index (χ1) is 7.16. The molecule has 0 fully saturated rings. The van der Waals surface area contributed by atoms with Crippen LogP contribution in [0.3, 0.4) is 0 Å². The number of imidazole rings is 1. The Morgan fingerprint density at radius 3 is 3.13 bits per heavy atom. The zero-order valence-corrected chi connectivity index (χ0v) is 7.87. The van der Waals surface area contributed by atoms with Gasteiger partial charge in [0.25, 0.3) is 0 Å². The fourth-order valence-electron chi connectivity index (χ4n) is 1.29. The van der Waals surface area contributed by atoms with E-state index < -0.39 is 12.0 Å². The van der Waals surface area contributed by atoms with Crippen LogP contribution in [-0.2, 0) is 11.2 Å². The van der Waals surface area contributed by atoms with Crippen LogP contribution in [0.25, 0.3) is 5.78 Å². The summed E-state index contributed by atoms with van der Waals surface area (Å²) in [6.07, 6.45) is 5.36. The number of aromatic nitrogens is 3. The SMILES string of the molecule is NC(Cc1cn2cccnc2n1)C(=O)O. The summed E-state index contributed by atoms with van der Waals surface area (Å²) in [5, 5.41) is 8.64. The summed E-state index contributed by atoms with van der Waals surface area (Å²) in [7, 11) is 0. The molecule has 6 nitrogen and oxygen atoms in total. The van der Waals surface area contributed by atoms with Gasteiger partial charge in [-0.2, -0.15) is 0 Å². The number of carboxylic acids is 1. The smallest absolute Gasteiger partial charge is 0.320 e. The summed E-state index contributed by atoms with van der Waals surface area (Å²) >= 11 is 0. The minimum Gasteiger partial charge on any atom is -0.480 e. The Morgan fingerprint density at radius 2 is 2.47 bits per heavy atom. The highest BCUT2D eigenvalue weighted by Crippen LogP contribution is 2.03. The lowest BCUT2D eigenvalue weighted by Gasteiger charge is -2.01. The Bertz CT molecular complexity index is 461. The second-order valence-electron chi connectivity index (χ2n) is 3.21. The van der Waals surface area contributed by atoms with Crippen LogP contribution in [0, 0.1) is 0 Å². The molecule has 2 heterocycles. The zero-order valence-electron chi connectivity index (χ0n) is 7.87. The van der Waals surface area contributed by atoms with Crippen molar-refractivity contribution in [3.05, 3.63) is 30.4 Å². The second kappa shape index (κ2) is 3.66. The van der Waals surface area contributed by atoms with E-state index in [1.807, 2.05) is 0 Å². The van der Waals surface area contributed by atoms with Gasteiger partial charge in [0.05, 0.1) is 5.69 Å². The van der Waals surface area contributed by atoms with Gasteiger partial charge in [-0.15, -0.1) is 0 Å². The number of carbonyl (C=O) groups is 1. The molecule has 0 aliphatic rings. The minimum absolute atomic E-state index is 0.207. The van der Waals surface area contributed by atoms with Crippen LogP contribution in [0.2, 0.25) is 0 Å². The number of aliphatic carboxylic acids is 1. The van der Waals surface area contributed by atoms with Crippen molar-refractivity contribution in [2.24, 2.45) is 5.73 Å². The molecule has 0 aliphatic carbocycles. The van der Waals surface area contributed by atoms with Crippen molar-refractivity contribution in [1.82, 2.24) is 14.4 Å². The molecule has 0 amide bonds. The molecule has 78 valence electrons. The standard InChI is InChI=1S/C9H10N4O2/c10-7(8(14)15)4-6-5-13-3-1-2-11-9(13)12-6/h1-3,5,7H,4,10H2,(H,14,15). The van der Waals surface area contributed by atoms with Crippen LogP contribution in [-0.4, -0.2) is 31.5 Å². The topological polar surface area (TPSA) is 93.5 Å². The third kappa shape index (κ3) is 1.94. The molecule has 3 N–H and O–H groups in total. The van der Waals surface area contributed by atoms with Gasteiger partial charge in [-0.3, -0.25) is 9.20 Å². The molecule has 1 atom stereocenters. The second-order valence-corrected chi connectivity index (χ2v) is 3.21. The predicted molar refractivity (Wildman–Crippen MR) is 52.3 cm³/mol. The molecule has 0 radical (unpaired) electrons. The van der Waals surface area contributed by atoms with Crippen LogP contribution < -0.4 is 5.73 Å². The summed E-state index contributed by atoms with van der Waals surface area (Å²) in [4.78, 5) is 18.7. The number of hydrogen-bond donors (Lipinski definition) is 2. The predicted octanol–water partition coefficient (Wildman–Crippen LogP) is -0.316. The van der Waals surface area contributed by atoms with Gasteiger partial charge in [0.15, 0.2) is 0 Å². The summed E-state index contributed by atoms with van der Waals surface area (Å²) in [5.74, 6) is -0.481. The number of nitrogens with zero attached hydrogens (tertiary/aromatic N) is 3. The Kier molecular flexibility index (Phi) is 2.34. The van der Waals surface area contributed by atoms with Gasteiger partial charge < -0.3 is 10.8 Å². The maximum absolute atomic E-state index is 10.5. The lowest BCUT2D eigenvalue weighted by molar-refractivity contribution is -0.138. The first-order valence-corrected chi connectivity index (χ1v) is 4.44. The monoisotopic (exact) mass is 206 g/mol. The maximum atomic E-state index is 10.5. The highest BCUT2D eigenvalue weighted by Gasteiger charge is 2.14. The number of rotatable bonds is 3. The molecular weight excluding hydrogens is 196 g/mol. The molecule has 1 unspecified atom stereocenters. The van der Waals surface area contributed by atoms with Crippen LogP contribution in [0.15, 0.2) is 24.7 Å². The zero-order chi connectivity index (χ0) is 10.8. The summed E-state index contributed by atoms with van der Waals surface area (Å²) < 4.78 is 1.73. The van der Waals surface area contributed by atoms with Gasteiger partial charge in [0, 0.05) is 25.0 Å². The molecule has 6 heteroatoms. The maximum Gasteiger partial charge on any atom is 0.320 e. The molecular formula is C9H10N4O2. The largest absolute Gasteiger partial charge is 0.480 e. The molecule has 2 rings (SSSR count). The van der Waals surface area contributed by atoms with E-state index in [9.17, 15) is 4.79 Å². The highest BCUT2D eigenvalue weighted by atomic mass is 16.4. The molecule has 2 aromatic rings. The average molecular weight is 206 g/mol. The number of fused-ring (bicyclic) bond motifs is 1. The third-order valence-electron chi connectivity index (χ3n) is 2.03. The lowest BCUT2D eigenvalue weighted by Crippen LogP contribution is -2.32. The van der Waals surface area contributed by atoms with Gasteiger partial charge >= 0.3 is 5.97 Å². The Morgan fingerprint density at radius 1 is 1.67 bits per heavy atom. The van der Waals surface area contributed by atoms with E-state index in [2.05, 4.69) is 9.97 Å². The van der Waals surface area contributed by atoms with E-state index in [1.54, 1.807) is 29.1 Å². The van der Waals surface area contributed by atoms with Crippen molar-refractivity contribution in [2.75, 3.05) is 0 Å². The third-order valence-corrected chi connectivity index (χ3v) is 2.03. The molecule has 0 aromatic carbocycles. The van der Waals surface area contributed by atoms with E-state index in [4.69, 9.17) is 10.8 Å². The summed E-state index contributed by atoms with van der Waals surface area (Å²) in [6.45, 7) is 0. The van der Waals surface area contributed by atoms with Crippen LogP contribution in [0.4, 0.5) is 0 Å². The van der Waals surface area contributed by atoms with Crippen molar-refractivity contribution in [2.45, 2.75) is 12.5 Å². The van der Waals surface area contributed by atoms with Crippen molar-refractivity contribution < 1.29 is 9.90 Å². The van der Waals surface area contributed by atoms with E-state index in [0.29, 0.717) is 11.5 Å². The lowest BCUT2D eigenvalue weighted by atomic mass is 10.2. The van der Waals surface area contributed by atoms with E-state index in [1.165, 1.54) is 0 Å². The van der Waals surface area contributed by atoms with Crippen LogP contribution >= 0.6 is 0 Å². The normalized spacial score (nSPS) is 12.9.